The fraction of sp³-hybridized carbons (Fsp3) is 0.714. The third-order valence-corrected chi connectivity index (χ3v) is 5.00. The number of hydrogen-bond donors (Lipinski definition) is 1. The standard InChI is InChI=1S/C14H21NS/c1-2-4-12(5-3-1)14-8-11(10-16-14)9-15-13-6-7-13/h8,10,12-13,15H,1-7,9H2. The third-order valence-electron chi connectivity index (χ3n) is 3.85. The van der Waals surface area contributed by atoms with E-state index in [0.717, 1.165) is 18.5 Å². The fourth-order valence-corrected chi connectivity index (χ4v) is 3.72. The maximum absolute atomic E-state index is 3.60. The van der Waals surface area contributed by atoms with Crippen LogP contribution in [0.2, 0.25) is 0 Å². The van der Waals surface area contributed by atoms with Crippen LogP contribution in [-0.2, 0) is 6.54 Å². The van der Waals surface area contributed by atoms with Crippen molar-refractivity contribution in [3.63, 3.8) is 0 Å². The van der Waals surface area contributed by atoms with E-state index in [1.807, 2.05) is 11.3 Å². The van der Waals surface area contributed by atoms with Crippen LogP contribution in [0.15, 0.2) is 11.4 Å². The van der Waals surface area contributed by atoms with Crippen molar-refractivity contribution >= 4 is 11.3 Å². The van der Waals surface area contributed by atoms with Crippen molar-refractivity contribution in [2.75, 3.05) is 0 Å². The van der Waals surface area contributed by atoms with E-state index in [4.69, 9.17) is 0 Å². The van der Waals surface area contributed by atoms with E-state index in [2.05, 4.69) is 16.8 Å². The zero-order chi connectivity index (χ0) is 10.8. The SMILES string of the molecule is c1sc(C2CCCCC2)cc1CNC1CC1. The molecule has 1 heterocycles. The van der Waals surface area contributed by atoms with Crippen LogP contribution in [0, 0.1) is 0 Å². The molecule has 0 amide bonds. The van der Waals surface area contributed by atoms with Crippen LogP contribution in [0.5, 0.6) is 0 Å². The molecule has 1 nitrogen and oxygen atoms in total. The van der Waals surface area contributed by atoms with E-state index in [1.165, 1.54) is 50.5 Å². The van der Waals surface area contributed by atoms with E-state index in [9.17, 15) is 0 Å². The molecule has 1 N–H and O–H groups in total. The van der Waals surface area contributed by atoms with Gasteiger partial charge in [0, 0.05) is 17.5 Å². The molecular formula is C14H21NS. The lowest BCUT2D eigenvalue weighted by Crippen LogP contribution is -2.14. The Kier molecular flexibility index (Phi) is 3.30. The lowest BCUT2D eigenvalue weighted by Gasteiger charge is -2.19. The molecule has 2 fully saturated rings. The quantitative estimate of drug-likeness (QED) is 0.830. The molecule has 1 aromatic rings. The van der Waals surface area contributed by atoms with Gasteiger partial charge >= 0.3 is 0 Å². The minimum absolute atomic E-state index is 0.832. The number of hydrogen-bond acceptors (Lipinski definition) is 2. The summed E-state index contributed by atoms with van der Waals surface area (Å²) in [5.41, 5.74) is 1.51. The fourth-order valence-electron chi connectivity index (χ4n) is 2.64. The Bertz CT molecular complexity index is 334. The van der Waals surface area contributed by atoms with E-state index >= 15 is 0 Å². The van der Waals surface area contributed by atoms with Crippen LogP contribution in [0.1, 0.15) is 61.3 Å². The summed E-state index contributed by atoms with van der Waals surface area (Å²) in [7, 11) is 0. The third kappa shape index (κ3) is 2.67. The summed E-state index contributed by atoms with van der Waals surface area (Å²) in [5.74, 6) is 0.883. The molecule has 0 unspecified atom stereocenters. The molecule has 16 heavy (non-hydrogen) atoms. The smallest absolute Gasteiger partial charge is 0.0216 e. The summed E-state index contributed by atoms with van der Waals surface area (Å²) in [4.78, 5) is 1.65. The molecule has 0 aromatic carbocycles. The van der Waals surface area contributed by atoms with E-state index in [1.54, 1.807) is 4.88 Å². The Morgan fingerprint density at radius 3 is 2.69 bits per heavy atom. The molecule has 1 aromatic heterocycles. The van der Waals surface area contributed by atoms with Crippen molar-refractivity contribution in [1.82, 2.24) is 5.32 Å². The van der Waals surface area contributed by atoms with Crippen LogP contribution in [0.25, 0.3) is 0 Å². The van der Waals surface area contributed by atoms with Gasteiger partial charge in [0.1, 0.15) is 0 Å². The van der Waals surface area contributed by atoms with E-state index in [-0.39, 0.29) is 0 Å². The van der Waals surface area contributed by atoms with Gasteiger partial charge in [-0.2, -0.15) is 0 Å². The summed E-state index contributed by atoms with van der Waals surface area (Å²) < 4.78 is 0. The second-order valence-electron chi connectivity index (χ2n) is 5.35. The van der Waals surface area contributed by atoms with Gasteiger partial charge in [0.05, 0.1) is 0 Å². The monoisotopic (exact) mass is 235 g/mol. The average molecular weight is 235 g/mol. The van der Waals surface area contributed by atoms with Crippen molar-refractivity contribution in [2.24, 2.45) is 0 Å². The lowest BCUT2D eigenvalue weighted by atomic mass is 9.88. The van der Waals surface area contributed by atoms with Gasteiger partial charge in [-0.1, -0.05) is 19.3 Å². The molecule has 2 aliphatic rings. The van der Waals surface area contributed by atoms with Crippen molar-refractivity contribution < 1.29 is 0 Å². The molecule has 0 atom stereocenters. The highest BCUT2D eigenvalue weighted by Gasteiger charge is 2.21. The van der Waals surface area contributed by atoms with Gasteiger partial charge in [0.15, 0.2) is 0 Å². The topological polar surface area (TPSA) is 12.0 Å². The first-order chi connectivity index (χ1) is 7.92. The maximum atomic E-state index is 3.60. The van der Waals surface area contributed by atoms with E-state index < -0.39 is 0 Å². The molecule has 3 rings (SSSR count). The highest BCUT2D eigenvalue weighted by atomic mass is 32.1. The lowest BCUT2D eigenvalue weighted by molar-refractivity contribution is 0.448. The first-order valence-electron chi connectivity index (χ1n) is 6.72. The molecular weight excluding hydrogens is 214 g/mol. The zero-order valence-electron chi connectivity index (χ0n) is 9.87. The van der Waals surface area contributed by atoms with Gasteiger partial charge < -0.3 is 5.32 Å². The summed E-state index contributed by atoms with van der Waals surface area (Å²) in [6.07, 6.45) is 9.97. The normalized spacial score (nSPS) is 22.5. The molecule has 0 spiro atoms. The van der Waals surface area contributed by atoms with E-state index in [0.29, 0.717) is 0 Å². The van der Waals surface area contributed by atoms with Gasteiger partial charge in [-0.3, -0.25) is 0 Å². The molecule has 2 saturated carbocycles. The first kappa shape index (κ1) is 10.8. The van der Waals surface area contributed by atoms with Crippen molar-refractivity contribution in [3.05, 3.63) is 21.9 Å². The number of nitrogens with one attached hydrogen (secondary N) is 1. The minimum Gasteiger partial charge on any atom is -0.310 e. The zero-order valence-corrected chi connectivity index (χ0v) is 10.7. The summed E-state index contributed by atoms with van der Waals surface area (Å²) in [6.45, 7) is 1.09. The summed E-state index contributed by atoms with van der Waals surface area (Å²) >= 11 is 1.99. The predicted octanol–water partition coefficient (Wildman–Crippen LogP) is 4.05. The number of rotatable bonds is 4. The Morgan fingerprint density at radius 2 is 1.94 bits per heavy atom. The van der Waals surface area contributed by atoms with Gasteiger partial charge in [0.25, 0.3) is 0 Å². The largest absolute Gasteiger partial charge is 0.310 e. The van der Waals surface area contributed by atoms with Crippen molar-refractivity contribution in [2.45, 2.75) is 63.5 Å². The Balaban J connectivity index is 1.57. The first-order valence-corrected chi connectivity index (χ1v) is 7.60. The molecule has 0 radical (unpaired) electrons. The minimum atomic E-state index is 0.832. The van der Waals surface area contributed by atoms with Gasteiger partial charge in [-0.05, 0) is 48.6 Å². The van der Waals surface area contributed by atoms with Crippen molar-refractivity contribution in [3.8, 4) is 0 Å². The Hall–Kier alpha value is -0.340. The van der Waals surface area contributed by atoms with Crippen LogP contribution in [-0.4, -0.2) is 6.04 Å². The molecule has 2 heteroatoms. The molecule has 0 aliphatic heterocycles. The molecule has 88 valence electrons. The van der Waals surface area contributed by atoms with Crippen LogP contribution >= 0.6 is 11.3 Å². The molecule has 0 bridgehead atoms. The van der Waals surface area contributed by atoms with Crippen LogP contribution in [0.3, 0.4) is 0 Å². The summed E-state index contributed by atoms with van der Waals surface area (Å²) in [6, 6.07) is 3.29. The van der Waals surface area contributed by atoms with Gasteiger partial charge in [-0.15, -0.1) is 11.3 Å². The summed E-state index contributed by atoms with van der Waals surface area (Å²) in [5, 5.41) is 5.96. The van der Waals surface area contributed by atoms with Crippen LogP contribution in [0.4, 0.5) is 0 Å². The van der Waals surface area contributed by atoms with Crippen LogP contribution < -0.4 is 5.32 Å². The molecule has 2 aliphatic carbocycles. The van der Waals surface area contributed by atoms with Gasteiger partial charge in [0.2, 0.25) is 0 Å². The van der Waals surface area contributed by atoms with Crippen molar-refractivity contribution in [1.29, 1.82) is 0 Å². The Labute approximate surface area is 102 Å². The predicted molar refractivity (Wildman–Crippen MR) is 70.0 cm³/mol. The average Bonchev–Trinajstić information content (AvgIpc) is 3.05. The Morgan fingerprint density at radius 1 is 1.12 bits per heavy atom. The second kappa shape index (κ2) is 4.89. The van der Waals surface area contributed by atoms with Gasteiger partial charge in [-0.25, -0.2) is 0 Å². The highest BCUT2D eigenvalue weighted by molar-refractivity contribution is 7.10. The molecule has 0 saturated heterocycles. The number of thiophene rings is 1. The maximum Gasteiger partial charge on any atom is 0.0216 e. The second-order valence-corrected chi connectivity index (χ2v) is 6.29. The highest BCUT2D eigenvalue weighted by Crippen LogP contribution is 2.36.